The molecule has 2 unspecified atom stereocenters. The van der Waals surface area contributed by atoms with Crippen molar-refractivity contribution in [2.75, 3.05) is 20.6 Å². The van der Waals surface area contributed by atoms with Gasteiger partial charge in [0.15, 0.2) is 18.3 Å². The average molecular weight is 544 g/mol. The molecule has 0 aliphatic heterocycles. The van der Waals surface area contributed by atoms with E-state index in [0.717, 1.165) is 12.1 Å². The van der Waals surface area contributed by atoms with Gasteiger partial charge in [0.2, 0.25) is 5.75 Å². The molecular formula is C26H34FN7O5. The normalized spacial score (nSPS) is 11.8. The molecule has 12 nitrogen and oxygen atoms in total. The Hall–Kier alpha value is -4.23. The van der Waals surface area contributed by atoms with Crippen LogP contribution in [0.3, 0.4) is 0 Å². The summed E-state index contributed by atoms with van der Waals surface area (Å²) in [6.45, 7) is 4.78. The molecule has 0 bridgehead atoms. The van der Waals surface area contributed by atoms with Gasteiger partial charge in [-0.25, -0.2) is 9.37 Å². The Kier molecular flexibility index (Phi) is 14.6. The maximum absolute atomic E-state index is 12.3. The SMILES string of the molecule is CCC(c1nc(C=O)c(O)c(=O)n1C)N(C)CC(C)N=O.CNCc1ccc(F)cc1.O=Cc1cnccn1. The minimum atomic E-state index is -0.671. The first-order valence-electron chi connectivity index (χ1n) is 12.0. The summed E-state index contributed by atoms with van der Waals surface area (Å²) in [5, 5.41) is 15.5. The lowest BCUT2D eigenvalue weighted by Crippen LogP contribution is -2.35. The molecule has 2 heterocycles. The Morgan fingerprint density at radius 3 is 2.33 bits per heavy atom. The fourth-order valence-corrected chi connectivity index (χ4v) is 3.45. The predicted octanol–water partition coefficient (Wildman–Crippen LogP) is 2.67. The van der Waals surface area contributed by atoms with Crippen molar-refractivity contribution in [3.63, 3.8) is 0 Å². The Bertz CT molecular complexity index is 1240. The third-order valence-electron chi connectivity index (χ3n) is 5.39. The van der Waals surface area contributed by atoms with Gasteiger partial charge in [0.1, 0.15) is 23.4 Å². The van der Waals surface area contributed by atoms with Gasteiger partial charge in [-0.3, -0.25) is 33.8 Å². The average Bonchev–Trinajstić information content (AvgIpc) is 2.95. The zero-order valence-corrected chi connectivity index (χ0v) is 22.6. The maximum Gasteiger partial charge on any atom is 0.296 e. The van der Waals surface area contributed by atoms with Crippen molar-refractivity contribution in [2.24, 2.45) is 12.2 Å². The largest absolute Gasteiger partial charge is 0.501 e. The number of nitroso groups, excluding NO2 is 1. The number of likely N-dealkylation sites (N-methyl/N-ethyl adjacent to an activating group) is 1. The first-order valence-corrected chi connectivity index (χ1v) is 12.0. The Balaban J connectivity index is 0.000000345. The van der Waals surface area contributed by atoms with Crippen molar-refractivity contribution in [2.45, 2.75) is 38.9 Å². The second-order valence-electron chi connectivity index (χ2n) is 8.41. The molecule has 1 aromatic carbocycles. The molecule has 0 saturated carbocycles. The highest BCUT2D eigenvalue weighted by Gasteiger charge is 2.24. The number of aldehydes is 2. The fourth-order valence-electron chi connectivity index (χ4n) is 3.45. The lowest BCUT2D eigenvalue weighted by atomic mass is 10.1. The van der Waals surface area contributed by atoms with Gasteiger partial charge in [-0.15, -0.1) is 0 Å². The van der Waals surface area contributed by atoms with Crippen molar-refractivity contribution in [1.29, 1.82) is 0 Å². The van der Waals surface area contributed by atoms with E-state index in [1.54, 1.807) is 26.1 Å². The Morgan fingerprint density at radius 1 is 1.21 bits per heavy atom. The molecule has 2 N–H and O–H groups in total. The molecule has 210 valence electrons. The summed E-state index contributed by atoms with van der Waals surface area (Å²) in [5.74, 6) is -0.473. The highest BCUT2D eigenvalue weighted by molar-refractivity contribution is 5.75. The van der Waals surface area contributed by atoms with Crippen LogP contribution in [0.15, 0.2) is 52.8 Å². The summed E-state index contributed by atoms with van der Waals surface area (Å²) in [6.07, 6.45) is 6.03. The number of nitrogens with one attached hydrogen (secondary N) is 1. The number of hydrogen-bond donors (Lipinski definition) is 2. The quantitative estimate of drug-likeness (QED) is 0.287. The van der Waals surface area contributed by atoms with Crippen molar-refractivity contribution in [3.05, 3.63) is 86.7 Å². The standard InChI is InChI=1S/C13H20N4O4.C8H10FN.C5H4N2O/c1-5-10(16(3)6-8(2)15-21)12-14-9(7-18)11(19)13(20)17(12)4;1-10-6-7-2-4-8(9)5-3-7;8-4-5-3-6-1-2-7-5/h7-8,10,19H,5-6H2,1-4H3;2-5,10H,6H2,1H3;1-4H. The number of aromatic nitrogens is 4. The van der Waals surface area contributed by atoms with Crippen LogP contribution >= 0.6 is 0 Å². The maximum atomic E-state index is 12.3. The molecule has 0 aliphatic carbocycles. The molecule has 2 aromatic heterocycles. The molecule has 0 saturated heterocycles. The molecule has 0 radical (unpaired) electrons. The van der Waals surface area contributed by atoms with Gasteiger partial charge >= 0.3 is 0 Å². The molecule has 0 aliphatic rings. The lowest BCUT2D eigenvalue weighted by molar-refractivity contribution is 0.110. The van der Waals surface area contributed by atoms with Crippen LogP contribution in [0.4, 0.5) is 4.39 Å². The number of carbonyl (C=O) groups is 2. The van der Waals surface area contributed by atoms with E-state index in [4.69, 9.17) is 0 Å². The molecule has 39 heavy (non-hydrogen) atoms. The van der Waals surface area contributed by atoms with Gasteiger partial charge in [-0.1, -0.05) is 24.2 Å². The molecule has 13 heteroatoms. The number of benzene rings is 1. The molecule has 3 aromatic rings. The van der Waals surface area contributed by atoms with Crippen molar-refractivity contribution < 1.29 is 19.1 Å². The van der Waals surface area contributed by atoms with Crippen LogP contribution in [0.1, 0.15) is 58.7 Å². The minimum absolute atomic E-state index is 0.181. The number of rotatable bonds is 10. The monoisotopic (exact) mass is 543 g/mol. The number of carbonyl (C=O) groups excluding carboxylic acids is 2. The third-order valence-corrected chi connectivity index (χ3v) is 5.39. The van der Waals surface area contributed by atoms with Gasteiger partial charge in [0.25, 0.3) is 5.56 Å². The molecule has 0 spiro atoms. The van der Waals surface area contributed by atoms with Crippen molar-refractivity contribution in [1.82, 2.24) is 29.7 Å². The number of halogens is 1. The van der Waals surface area contributed by atoms with Gasteiger partial charge in [0, 0.05) is 32.5 Å². The topological polar surface area (TPSA) is 160 Å². The summed E-state index contributed by atoms with van der Waals surface area (Å²) in [5.41, 5.74) is 0.522. The number of aromatic hydroxyl groups is 1. The van der Waals surface area contributed by atoms with E-state index in [0.29, 0.717) is 37.1 Å². The molecular weight excluding hydrogens is 509 g/mol. The lowest BCUT2D eigenvalue weighted by Gasteiger charge is -2.28. The van der Waals surface area contributed by atoms with E-state index in [1.807, 2.05) is 18.9 Å². The third kappa shape index (κ3) is 10.6. The van der Waals surface area contributed by atoms with Gasteiger partial charge < -0.3 is 10.4 Å². The second-order valence-corrected chi connectivity index (χ2v) is 8.41. The van der Waals surface area contributed by atoms with Crippen LogP contribution in [-0.2, 0) is 13.6 Å². The van der Waals surface area contributed by atoms with E-state index in [1.165, 1.54) is 42.3 Å². The van der Waals surface area contributed by atoms with Crippen LogP contribution in [0, 0.1) is 10.7 Å². The van der Waals surface area contributed by atoms with Crippen LogP contribution in [0.2, 0.25) is 0 Å². The zero-order valence-electron chi connectivity index (χ0n) is 22.6. The van der Waals surface area contributed by atoms with Gasteiger partial charge in [-0.05, 0) is 45.1 Å². The molecule has 0 amide bonds. The highest BCUT2D eigenvalue weighted by atomic mass is 19.1. The molecule has 2 atom stereocenters. The summed E-state index contributed by atoms with van der Waals surface area (Å²) in [4.78, 5) is 56.5. The minimum Gasteiger partial charge on any atom is -0.501 e. The summed E-state index contributed by atoms with van der Waals surface area (Å²) in [7, 11) is 5.13. The zero-order chi connectivity index (χ0) is 29.4. The summed E-state index contributed by atoms with van der Waals surface area (Å²) < 4.78 is 13.5. The first kappa shape index (κ1) is 32.8. The predicted molar refractivity (Wildman–Crippen MR) is 144 cm³/mol. The van der Waals surface area contributed by atoms with Gasteiger partial charge in [-0.2, -0.15) is 4.91 Å². The Labute approximate surface area is 225 Å². The smallest absolute Gasteiger partial charge is 0.296 e. The molecule has 3 rings (SSSR count). The van der Waals surface area contributed by atoms with E-state index in [9.17, 15) is 28.8 Å². The van der Waals surface area contributed by atoms with Crippen LogP contribution in [0.25, 0.3) is 0 Å². The highest BCUT2D eigenvalue weighted by Crippen LogP contribution is 2.22. The summed E-state index contributed by atoms with van der Waals surface area (Å²) >= 11 is 0. The number of hydrogen-bond acceptors (Lipinski definition) is 11. The van der Waals surface area contributed by atoms with Crippen LogP contribution < -0.4 is 10.9 Å². The van der Waals surface area contributed by atoms with E-state index in [-0.39, 0.29) is 17.6 Å². The van der Waals surface area contributed by atoms with Gasteiger partial charge in [0.05, 0.1) is 12.2 Å². The Morgan fingerprint density at radius 2 is 1.87 bits per heavy atom. The second kappa shape index (κ2) is 17.3. The summed E-state index contributed by atoms with van der Waals surface area (Å²) in [6, 6.07) is 5.80. The first-order chi connectivity index (χ1) is 18.6. The van der Waals surface area contributed by atoms with Crippen molar-refractivity contribution in [3.8, 4) is 5.75 Å². The van der Waals surface area contributed by atoms with E-state index < -0.39 is 17.4 Å². The van der Waals surface area contributed by atoms with E-state index in [2.05, 4.69) is 25.4 Å². The number of nitrogens with zero attached hydrogens (tertiary/aromatic N) is 6. The van der Waals surface area contributed by atoms with Crippen LogP contribution in [0.5, 0.6) is 5.75 Å². The van der Waals surface area contributed by atoms with Crippen molar-refractivity contribution >= 4 is 12.6 Å². The molecule has 0 fully saturated rings. The van der Waals surface area contributed by atoms with Crippen LogP contribution in [-0.4, -0.2) is 68.8 Å². The fraction of sp³-hybridized carbons (Fsp3) is 0.385. The van der Waals surface area contributed by atoms with E-state index >= 15 is 0 Å².